The molecule has 2 aliphatic carbocycles. The van der Waals surface area contributed by atoms with Gasteiger partial charge in [-0.05, 0) is 56.7 Å². The summed E-state index contributed by atoms with van der Waals surface area (Å²) in [7, 11) is 0. The largest absolute Gasteiger partial charge is 0.325 e. The highest BCUT2D eigenvalue weighted by molar-refractivity contribution is 7.99. The maximum atomic E-state index is 12.2. The number of rotatable bonds is 6. The number of carbonyl (C=O) groups excluding carboxylic acids is 2. The molecule has 8 heteroatoms. The molecular weight excluding hydrogens is 362 g/mol. The number of hydrogen-bond acceptors (Lipinski definition) is 5. The van der Waals surface area contributed by atoms with E-state index in [1.54, 1.807) is 0 Å². The summed E-state index contributed by atoms with van der Waals surface area (Å²) in [4.78, 5) is 24.3. The van der Waals surface area contributed by atoms with E-state index in [1.165, 1.54) is 24.6 Å². The Morgan fingerprint density at radius 3 is 2.67 bits per heavy atom. The summed E-state index contributed by atoms with van der Waals surface area (Å²) in [5, 5.41) is 14.5. The lowest BCUT2D eigenvalue weighted by Gasteiger charge is -2.11. The summed E-state index contributed by atoms with van der Waals surface area (Å²) in [6.07, 6.45) is 4.65. The van der Waals surface area contributed by atoms with Gasteiger partial charge in [0.05, 0.1) is 5.75 Å². The molecule has 2 aliphatic rings. The van der Waals surface area contributed by atoms with E-state index in [1.807, 2.05) is 32.0 Å². The van der Waals surface area contributed by atoms with Crippen LogP contribution in [0.3, 0.4) is 0 Å². The third-order valence-electron chi connectivity index (χ3n) is 4.98. The lowest BCUT2D eigenvalue weighted by Crippen LogP contribution is -2.35. The molecule has 2 aromatic rings. The zero-order chi connectivity index (χ0) is 19.0. The van der Waals surface area contributed by atoms with Crippen molar-refractivity contribution < 1.29 is 9.59 Å². The maximum Gasteiger partial charge on any atom is 0.325 e. The Hall–Kier alpha value is -2.35. The van der Waals surface area contributed by atoms with Gasteiger partial charge in [-0.3, -0.25) is 10.1 Å². The van der Waals surface area contributed by atoms with Crippen molar-refractivity contribution >= 4 is 29.4 Å². The van der Waals surface area contributed by atoms with Gasteiger partial charge in [-0.2, -0.15) is 0 Å². The predicted octanol–water partition coefficient (Wildman–Crippen LogP) is 3.55. The molecule has 1 aromatic heterocycles. The number of urea groups is 1. The maximum absolute atomic E-state index is 12.2. The number of aryl methyl sites for hydroxylation is 1. The molecule has 0 bridgehead atoms. The standard InChI is InChI=1S/C19H23N5O2S/c1-11-4-3-5-15(12(11)2)20-18(26)21-16(25)10-27-19-23-22-17(13-6-7-13)24(19)14-8-9-14/h3-5,13-14H,6-10H2,1-2H3,(H2,20,21,25,26). The van der Waals surface area contributed by atoms with E-state index in [2.05, 4.69) is 25.4 Å². The molecule has 3 amide bonds. The van der Waals surface area contributed by atoms with Gasteiger partial charge in [-0.25, -0.2) is 4.79 Å². The van der Waals surface area contributed by atoms with Gasteiger partial charge in [0, 0.05) is 17.6 Å². The number of thioether (sulfide) groups is 1. The predicted molar refractivity (Wildman–Crippen MR) is 104 cm³/mol. The van der Waals surface area contributed by atoms with Crippen LogP contribution >= 0.6 is 11.8 Å². The average molecular weight is 385 g/mol. The minimum Gasteiger partial charge on any atom is -0.307 e. The van der Waals surface area contributed by atoms with E-state index in [0.29, 0.717) is 17.6 Å². The molecule has 2 saturated carbocycles. The van der Waals surface area contributed by atoms with Gasteiger partial charge in [0.1, 0.15) is 5.82 Å². The van der Waals surface area contributed by atoms with E-state index >= 15 is 0 Å². The van der Waals surface area contributed by atoms with Gasteiger partial charge < -0.3 is 9.88 Å². The van der Waals surface area contributed by atoms with Crippen molar-refractivity contribution in [2.45, 2.75) is 56.6 Å². The molecule has 0 unspecified atom stereocenters. The van der Waals surface area contributed by atoms with Crippen molar-refractivity contribution in [3.05, 3.63) is 35.2 Å². The molecule has 142 valence electrons. The van der Waals surface area contributed by atoms with Crippen LogP contribution in [0.15, 0.2) is 23.4 Å². The van der Waals surface area contributed by atoms with Crippen molar-refractivity contribution in [1.29, 1.82) is 0 Å². The molecule has 0 atom stereocenters. The zero-order valence-corrected chi connectivity index (χ0v) is 16.3. The Morgan fingerprint density at radius 1 is 1.19 bits per heavy atom. The molecule has 27 heavy (non-hydrogen) atoms. The number of nitrogens with zero attached hydrogens (tertiary/aromatic N) is 3. The minimum absolute atomic E-state index is 0.135. The van der Waals surface area contributed by atoms with Crippen LogP contribution in [0.4, 0.5) is 10.5 Å². The first-order valence-corrected chi connectivity index (χ1v) is 10.3. The van der Waals surface area contributed by atoms with Crippen molar-refractivity contribution in [2.24, 2.45) is 0 Å². The summed E-state index contributed by atoms with van der Waals surface area (Å²) in [5.41, 5.74) is 2.77. The molecular formula is C19H23N5O2S. The first-order chi connectivity index (χ1) is 13.0. The van der Waals surface area contributed by atoms with Crippen LogP contribution in [-0.4, -0.2) is 32.5 Å². The van der Waals surface area contributed by atoms with Crippen LogP contribution in [0.5, 0.6) is 0 Å². The van der Waals surface area contributed by atoms with E-state index in [-0.39, 0.29) is 11.7 Å². The Bertz CT molecular complexity index is 886. The number of hydrogen-bond donors (Lipinski definition) is 2. The second-order valence-corrected chi connectivity index (χ2v) is 8.20. The normalized spacial score (nSPS) is 16.2. The van der Waals surface area contributed by atoms with Crippen LogP contribution in [0, 0.1) is 13.8 Å². The summed E-state index contributed by atoms with van der Waals surface area (Å²) in [5.74, 6) is 1.38. The second-order valence-electron chi connectivity index (χ2n) is 7.25. The van der Waals surface area contributed by atoms with Crippen molar-refractivity contribution in [3.63, 3.8) is 0 Å². The fraction of sp³-hybridized carbons (Fsp3) is 0.474. The molecule has 1 aromatic carbocycles. The topological polar surface area (TPSA) is 88.9 Å². The number of carbonyl (C=O) groups is 2. The number of aromatic nitrogens is 3. The number of benzene rings is 1. The highest BCUT2D eigenvalue weighted by Crippen LogP contribution is 2.45. The molecule has 0 aliphatic heterocycles. The third kappa shape index (κ3) is 4.16. The summed E-state index contributed by atoms with van der Waals surface area (Å²) < 4.78 is 2.20. The van der Waals surface area contributed by atoms with E-state index in [4.69, 9.17) is 0 Å². The zero-order valence-electron chi connectivity index (χ0n) is 15.5. The minimum atomic E-state index is -0.517. The fourth-order valence-electron chi connectivity index (χ4n) is 3.02. The molecule has 2 fully saturated rings. The Morgan fingerprint density at radius 2 is 1.96 bits per heavy atom. The molecule has 0 spiro atoms. The Balaban J connectivity index is 1.32. The number of imide groups is 1. The number of amides is 3. The highest BCUT2D eigenvalue weighted by atomic mass is 32.2. The van der Waals surface area contributed by atoms with Gasteiger partial charge in [0.25, 0.3) is 0 Å². The molecule has 7 nitrogen and oxygen atoms in total. The average Bonchev–Trinajstić information content (AvgIpc) is 3.56. The first kappa shape index (κ1) is 18.0. The summed E-state index contributed by atoms with van der Waals surface area (Å²) >= 11 is 1.34. The second kappa shape index (κ2) is 7.34. The molecule has 0 saturated heterocycles. The monoisotopic (exact) mass is 385 g/mol. The Labute approximate surface area is 162 Å². The summed E-state index contributed by atoms with van der Waals surface area (Å²) in [6, 6.07) is 5.63. The SMILES string of the molecule is Cc1cccc(NC(=O)NC(=O)CSc2nnc(C3CC3)n2C2CC2)c1C. The van der Waals surface area contributed by atoms with Gasteiger partial charge in [-0.1, -0.05) is 23.9 Å². The molecule has 4 rings (SSSR count). The van der Waals surface area contributed by atoms with E-state index in [0.717, 1.165) is 34.9 Å². The number of nitrogens with one attached hydrogen (secondary N) is 2. The summed E-state index contributed by atoms with van der Waals surface area (Å²) in [6.45, 7) is 3.91. The lowest BCUT2D eigenvalue weighted by molar-refractivity contribution is -0.117. The van der Waals surface area contributed by atoms with Crippen LogP contribution in [0.1, 0.15) is 54.6 Å². The van der Waals surface area contributed by atoms with Crippen LogP contribution < -0.4 is 10.6 Å². The van der Waals surface area contributed by atoms with Crippen molar-refractivity contribution in [2.75, 3.05) is 11.1 Å². The third-order valence-corrected chi connectivity index (χ3v) is 5.93. The van der Waals surface area contributed by atoms with E-state index < -0.39 is 6.03 Å². The van der Waals surface area contributed by atoms with Crippen molar-refractivity contribution in [1.82, 2.24) is 20.1 Å². The van der Waals surface area contributed by atoms with Crippen LogP contribution in [0.25, 0.3) is 0 Å². The van der Waals surface area contributed by atoms with Crippen LogP contribution in [0.2, 0.25) is 0 Å². The Kier molecular flexibility index (Phi) is 4.90. The van der Waals surface area contributed by atoms with Gasteiger partial charge in [-0.15, -0.1) is 10.2 Å². The van der Waals surface area contributed by atoms with Gasteiger partial charge in [0.2, 0.25) is 5.91 Å². The van der Waals surface area contributed by atoms with E-state index in [9.17, 15) is 9.59 Å². The van der Waals surface area contributed by atoms with Gasteiger partial charge >= 0.3 is 6.03 Å². The van der Waals surface area contributed by atoms with Crippen molar-refractivity contribution in [3.8, 4) is 0 Å². The first-order valence-electron chi connectivity index (χ1n) is 9.27. The quantitative estimate of drug-likeness (QED) is 0.743. The number of anilines is 1. The molecule has 2 N–H and O–H groups in total. The smallest absolute Gasteiger partial charge is 0.307 e. The fourth-order valence-corrected chi connectivity index (χ4v) is 3.83. The van der Waals surface area contributed by atoms with Crippen LogP contribution in [-0.2, 0) is 4.79 Å². The highest BCUT2D eigenvalue weighted by Gasteiger charge is 2.36. The molecule has 1 heterocycles. The lowest BCUT2D eigenvalue weighted by atomic mass is 10.1. The molecule has 0 radical (unpaired) electrons. The van der Waals surface area contributed by atoms with Gasteiger partial charge in [0.15, 0.2) is 5.16 Å².